The maximum Gasteiger partial charge on any atom is 0.435 e. The lowest BCUT2D eigenvalue weighted by molar-refractivity contribution is -0.141. The van der Waals surface area contributed by atoms with Crippen LogP contribution < -0.4 is 10.1 Å². The summed E-state index contributed by atoms with van der Waals surface area (Å²) in [7, 11) is 0. The molecule has 2 aliphatic rings. The standard InChI is InChI=1S/C19H22F3N5O2/c1-12(14-3-2-13-4-9-29-15(13)10-14)26-5-7-27(8-6-26)18(28)23-17-11-16(24-25-17)19(20,21)22/h2-3,10-12H,4-9H2,1H3,(H2,23,24,25,28). The summed E-state index contributed by atoms with van der Waals surface area (Å²) in [4.78, 5) is 16.2. The molecule has 1 aromatic heterocycles. The zero-order valence-corrected chi connectivity index (χ0v) is 15.9. The fourth-order valence-electron chi connectivity index (χ4n) is 3.69. The van der Waals surface area contributed by atoms with Crippen molar-refractivity contribution in [2.45, 2.75) is 25.6 Å². The molecule has 1 aromatic carbocycles. The average molecular weight is 409 g/mol. The molecule has 0 radical (unpaired) electrons. The molecule has 1 saturated heterocycles. The van der Waals surface area contributed by atoms with Gasteiger partial charge in [0.05, 0.1) is 6.61 Å². The van der Waals surface area contributed by atoms with Gasteiger partial charge in [0.1, 0.15) is 11.6 Å². The Balaban J connectivity index is 1.32. The van der Waals surface area contributed by atoms with Gasteiger partial charge in [-0.2, -0.15) is 18.3 Å². The molecule has 2 amide bonds. The molecule has 2 aliphatic heterocycles. The number of amides is 2. The number of alkyl halides is 3. The Hall–Kier alpha value is -2.75. The first-order chi connectivity index (χ1) is 13.8. The quantitative estimate of drug-likeness (QED) is 0.816. The van der Waals surface area contributed by atoms with Gasteiger partial charge in [0.2, 0.25) is 0 Å². The van der Waals surface area contributed by atoms with Crippen LogP contribution in [0.4, 0.5) is 23.8 Å². The van der Waals surface area contributed by atoms with Crippen LogP contribution in [0.2, 0.25) is 0 Å². The molecule has 1 atom stereocenters. The van der Waals surface area contributed by atoms with E-state index in [0.717, 1.165) is 24.8 Å². The highest BCUT2D eigenvalue weighted by molar-refractivity contribution is 5.88. The van der Waals surface area contributed by atoms with E-state index in [4.69, 9.17) is 4.74 Å². The monoisotopic (exact) mass is 409 g/mol. The number of H-pyrrole nitrogens is 1. The zero-order chi connectivity index (χ0) is 20.6. The van der Waals surface area contributed by atoms with Crippen LogP contribution in [0.5, 0.6) is 5.75 Å². The second kappa shape index (κ2) is 7.58. The molecule has 0 spiro atoms. The number of rotatable bonds is 3. The van der Waals surface area contributed by atoms with E-state index in [2.05, 4.69) is 45.5 Å². The van der Waals surface area contributed by atoms with E-state index in [1.807, 2.05) is 0 Å². The normalized spacial score (nSPS) is 18.3. The molecule has 0 bridgehead atoms. The number of carbonyl (C=O) groups excluding carboxylic acids is 1. The summed E-state index contributed by atoms with van der Waals surface area (Å²) in [6.45, 7) is 5.15. The van der Waals surface area contributed by atoms with Crippen molar-refractivity contribution in [1.82, 2.24) is 20.0 Å². The largest absolute Gasteiger partial charge is 0.493 e. The number of ether oxygens (including phenoxy) is 1. The van der Waals surface area contributed by atoms with Crippen LogP contribution in [0.25, 0.3) is 0 Å². The molecule has 1 fully saturated rings. The summed E-state index contributed by atoms with van der Waals surface area (Å²) in [6, 6.07) is 6.83. The minimum Gasteiger partial charge on any atom is -0.493 e. The van der Waals surface area contributed by atoms with Crippen LogP contribution in [0.3, 0.4) is 0 Å². The maximum atomic E-state index is 12.6. The van der Waals surface area contributed by atoms with E-state index in [1.54, 1.807) is 4.90 Å². The van der Waals surface area contributed by atoms with Gasteiger partial charge < -0.3 is 9.64 Å². The van der Waals surface area contributed by atoms with Crippen LogP contribution in [0.1, 0.15) is 29.8 Å². The lowest BCUT2D eigenvalue weighted by atomic mass is 10.0. The number of aromatic amines is 1. The Morgan fingerprint density at radius 3 is 2.69 bits per heavy atom. The number of fused-ring (bicyclic) bond motifs is 1. The van der Waals surface area contributed by atoms with Crippen LogP contribution in [-0.4, -0.2) is 58.8 Å². The number of carbonyl (C=O) groups is 1. The number of urea groups is 1. The number of nitrogens with one attached hydrogen (secondary N) is 2. The number of aromatic nitrogens is 2. The number of piperazine rings is 1. The first-order valence-corrected chi connectivity index (χ1v) is 9.49. The van der Waals surface area contributed by atoms with Gasteiger partial charge in [0, 0.05) is 44.7 Å². The fourth-order valence-corrected chi connectivity index (χ4v) is 3.69. The average Bonchev–Trinajstić information content (AvgIpc) is 3.36. The van der Waals surface area contributed by atoms with Gasteiger partial charge in [-0.15, -0.1) is 0 Å². The van der Waals surface area contributed by atoms with Gasteiger partial charge in [0.15, 0.2) is 5.69 Å². The first kappa shape index (κ1) is 19.6. The third-order valence-electron chi connectivity index (χ3n) is 5.46. The van der Waals surface area contributed by atoms with Crippen molar-refractivity contribution in [3.05, 3.63) is 41.1 Å². The van der Waals surface area contributed by atoms with Crippen molar-refractivity contribution in [2.75, 3.05) is 38.1 Å². The van der Waals surface area contributed by atoms with Crippen molar-refractivity contribution in [3.63, 3.8) is 0 Å². The minimum atomic E-state index is -4.55. The predicted molar refractivity (Wildman–Crippen MR) is 99.8 cm³/mol. The van der Waals surface area contributed by atoms with Gasteiger partial charge in [-0.25, -0.2) is 4.79 Å². The fraction of sp³-hybridized carbons (Fsp3) is 0.474. The summed E-state index contributed by atoms with van der Waals surface area (Å²) >= 11 is 0. The number of benzene rings is 1. The Morgan fingerprint density at radius 1 is 1.24 bits per heavy atom. The SMILES string of the molecule is CC(c1ccc2c(c1)OCC2)N1CCN(C(=O)Nc2cc(C(F)(F)F)n[nH]2)CC1. The molecular formula is C19H22F3N5O2. The summed E-state index contributed by atoms with van der Waals surface area (Å²) in [6.07, 6.45) is -3.61. The predicted octanol–water partition coefficient (Wildman–Crippen LogP) is 3.27. The Labute approximate surface area is 165 Å². The van der Waals surface area contributed by atoms with Gasteiger partial charge in [0.25, 0.3) is 0 Å². The zero-order valence-electron chi connectivity index (χ0n) is 15.9. The number of hydrogen-bond donors (Lipinski definition) is 2. The topological polar surface area (TPSA) is 73.5 Å². The highest BCUT2D eigenvalue weighted by Crippen LogP contribution is 2.31. The van der Waals surface area contributed by atoms with Crippen molar-refractivity contribution in [2.24, 2.45) is 0 Å². The summed E-state index contributed by atoms with van der Waals surface area (Å²) in [5.74, 6) is 0.876. The molecule has 1 unspecified atom stereocenters. The summed E-state index contributed by atoms with van der Waals surface area (Å²) in [5, 5.41) is 7.82. The molecule has 156 valence electrons. The van der Waals surface area contributed by atoms with Gasteiger partial charge >= 0.3 is 12.2 Å². The highest BCUT2D eigenvalue weighted by Gasteiger charge is 2.34. The van der Waals surface area contributed by atoms with Gasteiger partial charge in [-0.3, -0.25) is 15.3 Å². The molecule has 4 rings (SSSR count). The third-order valence-corrected chi connectivity index (χ3v) is 5.46. The van der Waals surface area contributed by atoms with Crippen LogP contribution in [0, 0.1) is 0 Å². The van der Waals surface area contributed by atoms with Crippen molar-refractivity contribution < 1.29 is 22.7 Å². The minimum absolute atomic E-state index is 0.0729. The molecule has 3 heterocycles. The Bertz CT molecular complexity index is 890. The van der Waals surface area contributed by atoms with E-state index >= 15 is 0 Å². The molecule has 0 saturated carbocycles. The molecule has 2 N–H and O–H groups in total. The van der Waals surface area contributed by atoms with E-state index in [-0.39, 0.29) is 11.9 Å². The second-order valence-electron chi connectivity index (χ2n) is 7.26. The summed E-state index contributed by atoms with van der Waals surface area (Å²) < 4.78 is 43.5. The Kier molecular flexibility index (Phi) is 5.12. The smallest absolute Gasteiger partial charge is 0.435 e. The number of halogens is 3. The van der Waals surface area contributed by atoms with Crippen molar-refractivity contribution in [3.8, 4) is 5.75 Å². The second-order valence-corrected chi connectivity index (χ2v) is 7.26. The molecular weight excluding hydrogens is 387 g/mol. The van der Waals surface area contributed by atoms with Crippen LogP contribution >= 0.6 is 0 Å². The van der Waals surface area contributed by atoms with Gasteiger partial charge in [-0.1, -0.05) is 12.1 Å². The number of nitrogens with zero attached hydrogens (tertiary/aromatic N) is 3. The molecule has 0 aliphatic carbocycles. The molecule has 7 nitrogen and oxygen atoms in total. The van der Waals surface area contributed by atoms with Crippen LogP contribution in [0.15, 0.2) is 24.3 Å². The van der Waals surface area contributed by atoms with E-state index in [0.29, 0.717) is 26.2 Å². The molecule has 10 heteroatoms. The lowest BCUT2D eigenvalue weighted by Crippen LogP contribution is -2.50. The van der Waals surface area contributed by atoms with E-state index in [9.17, 15) is 18.0 Å². The van der Waals surface area contributed by atoms with Gasteiger partial charge in [-0.05, 0) is 24.1 Å². The van der Waals surface area contributed by atoms with E-state index in [1.165, 1.54) is 11.1 Å². The maximum absolute atomic E-state index is 12.6. The van der Waals surface area contributed by atoms with E-state index < -0.39 is 17.9 Å². The lowest BCUT2D eigenvalue weighted by Gasteiger charge is -2.38. The first-order valence-electron chi connectivity index (χ1n) is 9.49. The molecule has 2 aromatic rings. The van der Waals surface area contributed by atoms with Crippen LogP contribution in [-0.2, 0) is 12.6 Å². The number of hydrogen-bond acceptors (Lipinski definition) is 4. The summed E-state index contributed by atoms with van der Waals surface area (Å²) in [5.41, 5.74) is 1.33. The van der Waals surface area contributed by atoms with Crippen molar-refractivity contribution >= 4 is 11.8 Å². The third kappa shape index (κ3) is 4.16. The van der Waals surface area contributed by atoms with Crippen molar-refractivity contribution in [1.29, 1.82) is 0 Å². The molecule has 29 heavy (non-hydrogen) atoms. The Morgan fingerprint density at radius 2 is 2.00 bits per heavy atom. The number of anilines is 1. The highest BCUT2D eigenvalue weighted by atomic mass is 19.4.